The third-order valence-electron chi connectivity index (χ3n) is 14.1. The summed E-state index contributed by atoms with van der Waals surface area (Å²) in [6.07, 6.45) is 11.0. The molecule has 0 saturated carbocycles. The first kappa shape index (κ1) is 85.4. The first-order valence-electron chi connectivity index (χ1n) is 27.9. The molecule has 87 heavy (non-hydrogen) atoms. The van der Waals surface area contributed by atoms with Crippen LogP contribution in [0.15, 0.2) is 146 Å². The molecule has 0 saturated heterocycles. The molecule has 0 aliphatic carbocycles. The Morgan fingerprint density at radius 1 is 0.299 bits per heavy atom. The fourth-order valence-corrected chi connectivity index (χ4v) is 16.2. The Labute approximate surface area is 642 Å². The molecule has 0 heterocycles. The molecule has 27 heteroatoms. The summed E-state index contributed by atoms with van der Waals surface area (Å²) in [5.74, 6) is 0. The second-order valence-corrected chi connectivity index (χ2v) is 31.9. The molecule has 462 valence electrons. The first-order valence-corrected chi connectivity index (χ1v) is 37.3. The molecule has 0 bridgehead atoms. The zero-order valence-corrected chi connectivity index (χ0v) is 65.0. The van der Waals surface area contributed by atoms with Crippen molar-refractivity contribution in [1.82, 2.24) is 0 Å². The fourth-order valence-electron chi connectivity index (χ4n) is 9.21. The average molecular weight is 1390 g/mol. The van der Waals surface area contributed by atoms with Crippen LogP contribution in [0, 0.1) is 0 Å². The van der Waals surface area contributed by atoms with Crippen LogP contribution in [-0.4, -0.2) is 83.2 Å². The summed E-state index contributed by atoms with van der Waals surface area (Å²) in [7, 11) is -30.1. The minimum atomic E-state index is -5.04. The molecule has 0 aliphatic rings. The van der Waals surface area contributed by atoms with E-state index in [2.05, 4.69) is 93.6 Å². The quantitative estimate of drug-likeness (QED) is 0.0214. The third kappa shape index (κ3) is 32.1. The molecular formula is C60H78K3O18P3S3. The van der Waals surface area contributed by atoms with Gasteiger partial charge in [-0.2, -0.15) is 0 Å². The van der Waals surface area contributed by atoms with Gasteiger partial charge in [0.05, 0.1) is 0 Å². The van der Waals surface area contributed by atoms with Gasteiger partial charge in [0.15, 0.2) is 15.0 Å². The molecule has 18 nitrogen and oxygen atoms in total. The molecule has 6 rings (SSSR count). The van der Waals surface area contributed by atoms with E-state index >= 15 is 0 Å². The Morgan fingerprint density at radius 3 is 0.552 bits per heavy atom. The van der Waals surface area contributed by atoms with E-state index < -0.39 is 68.1 Å². The minimum Gasteiger partial charge on any atom is -0.747 e. The molecule has 0 aromatic heterocycles. The van der Waals surface area contributed by atoms with Crippen LogP contribution < -0.4 is 154 Å². The van der Waals surface area contributed by atoms with Crippen molar-refractivity contribution in [2.45, 2.75) is 151 Å². The SMILES string of the molecule is CCCCc1ccc(-c2ccc(CCCC(P(=O)(O)O)S(=O)(=O)[O-])cc2)cc1.CCCCc1ccc(-c2ccc(CCCC(P(=O)(O)O)S(=O)(=O)[O-])cc2)cc1.CCCCc1ccc(-c2ccc(CCCC(P(=O)(O)O)S(=O)(=O)[O-])cc2)cc1.[K+].[K+].[K+]. The van der Waals surface area contributed by atoms with Crippen LogP contribution in [0.1, 0.15) is 131 Å². The van der Waals surface area contributed by atoms with Crippen molar-refractivity contribution in [3.05, 3.63) is 179 Å². The molecule has 0 radical (unpaired) electrons. The van der Waals surface area contributed by atoms with Gasteiger partial charge in [0.1, 0.15) is 30.4 Å². The number of hydrogen-bond donors (Lipinski definition) is 6. The van der Waals surface area contributed by atoms with E-state index in [1.165, 1.54) is 55.2 Å². The zero-order valence-electron chi connectivity index (χ0n) is 50.5. The van der Waals surface area contributed by atoms with Crippen molar-refractivity contribution in [1.29, 1.82) is 0 Å². The monoisotopic (exact) mass is 1390 g/mol. The van der Waals surface area contributed by atoms with Gasteiger partial charge in [0.25, 0.3) is 0 Å². The standard InChI is InChI=1S/3C20H27O6PS.3K/c3*1-2-3-5-16-8-12-18(13-9-16)19-14-10-17(11-15-19)6-4-7-20(27(21,22)23)28(24,25)26;;;/h3*8-15,20H,2-7H2,1H3,(H2,21,22,23)(H,24,25,26);;;/q;;;3*+1/p-3. The van der Waals surface area contributed by atoms with E-state index in [1.807, 2.05) is 72.8 Å². The van der Waals surface area contributed by atoms with Crippen molar-refractivity contribution in [3.63, 3.8) is 0 Å². The molecule has 0 spiro atoms. The number of aryl methyl sites for hydroxylation is 6. The first-order chi connectivity index (χ1) is 39.3. The van der Waals surface area contributed by atoms with Crippen LogP contribution in [0.3, 0.4) is 0 Å². The summed E-state index contributed by atoms with van der Waals surface area (Å²) in [6, 6.07) is 48.5. The van der Waals surface area contributed by atoms with Crippen molar-refractivity contribution >= 4 is 53.1 Å². The summed E-state index contributed by atoms with van der Waals surface area (Å²) in [4.78, 5) is 47.9. The van der Waals surface area contributed by atoms with E-state index in [4.69, 9.17) is 29.4 Å². The van der Waals surface area contributed by atoms with Crippen LogP contribution in [0.2, 0.25) is 0 Å². The summed E-state index contributed by atoms with van der Waals surface area (Å²) in [5, 5.41) is 0. The summed E-state index contributed by atoms with van der Waals surface area (Å²) < 4.78 is 133. The van der Waals surface area contributed by atoms with Crippen LogP contribution >= 0.6 is 22.8 Å². The maximum atomic E-state index is 11.2. The maximum Gasteiger partial charge on any atom is 1.00 e. The van der Waals surface area contributed by atoms with Gasteiger partial charge in [-0.25, -0.2) is 25.3 Å². The normalized spacial score (nSPS) is 13.0. The van der Waals surface area contributed by atoms with Gasteiger partial charge in [0, 0.05) is 0 Å². The summed E-state index contributed by atoms with van der Waals surface area (Å²) in [6.45, 7) is 6.51. The zero-order chi connectivity index (χ0) is 62.4. The van der Waals surface area contributed by atoms with Crippen LogP contribution in [0.25, 0.3) is 33.4 Å². The topological polar surface area (TPSA) is 344 Å². The Kier molecular flexibility index (Phi) is 40.6. The van der Waals surface area contributed by atoms with E-state index in [-0.39, 0.29) is 193 Å². The summed E-state index contributed by atoms with van der Waals surface area (Å²) in [5.41, 5.74) is 13.2. The molecular weight excluding hydrogens is 1320 g/mol. The van der Waals surface area contributed by atoms with Crippen molar-refractivity contribution in [3.8, 4) is 33.4 Å². The van der Waals surface area contributed by atoms with Crippen molar-refractivity contribution in [2.75, 3.05) is 0 Å². The Morgan fingerprint density at radius 2 is 0.437 bits per heavy atom. The second-order valence-electron chi connectivity index (χ2n) is 20.8. The largest absolute Gasteiger partial charge is 1.00 e. The third-order valence-corrected chi connectivity index (χ3v) is 24.6. The van der Waals surface area contributed by atoms with E-state index in [0.717, 1.165) is 69.3 Å². The van der Waals surface area contributed by atoms with Gasteiger partial charge in [-0.15, -0.1) is 0 Å². The molecule has 6 aromatic carbocycles. The molecule has 3 unspecified atom stereocenters. The fraction of sp³-hybridized carbons (Fsp3) is 0.400. The van der Waals surface area contributed by atoms with Gasteiger partial charge in [0.2, 0.25) is 0 Å². The predicted molar refractivity (Wildman–Crippen MR) is 327 cm³/mol. The van der Waals surface area contributed by atoms with Gasteiger partial charge in [-0.3, -0.25) is 13.7 Å². The number of unbranched alkanes of at least 4 members (excludes halogenated alkanes) is 3. The Bertz CT molecular complexity index is 3090. The van der Waals surface area contributed by atoms with Gasteiger partial charge in [-0.1, -0.05) is 186 Å². The summed E-state index contributed by atoms with van der Waals surface area (Å²) >= 11 is 0. The smallest absolute Gasteiger partial charge is 0.747 e. The molecule has 6 N–H and O–H groups in total. The molecule has 0 fully saturated rings. The van der Waals surface area contributed by atoms with E-state index in [0.29, 0.717) is 19.3 Å². The van der Waals surface area contributed by atoms with Crippen molar-refractivity contribution < 1.29 is 236 Å². The number of hydrogen-bond acceptors (Lipinski definition) is 12. The minimum absolute atomic E-state index is 0. The molecule has 6 aromatic rings. The van der Waals surface area contributed by atoms with Crippen LogP contribution in [0.5, 0.6) is 0 Å². The van der Waals surface area contributed by atoms with Gasteiger partial charge >= 0.3 is 177 Å². The Hall–Kier alpha value is 0.409. The molecule has 0 amide bonds. The number of rotatable bonds is 30. The van der Waals surface area contributed by atoms with Crippen LogP contribution in [0.4, 0.5) is 0 Å². The Balaban J connectivity index is 0.000000641. The molecule has 0 aliphatic heterocycles. The van der Waals surface area contributed by atoms with E-state index in [1.54, 1.807) is 0 Å². The molecule has 3 atom stereocenters. The van der Waals surface area contributed by atoms with Gasteiger partial charge < -0.3 is 43.0 Å². The predicted octanol–water partition coefficient (Wildman–Crippen LogP) is 3.22. The maximum absolute atomic E-state index is 11.2. The van der Waals surface area contributed by atoms with Gasteiger partial charge in [-0.05, 0) is 163 Å². The average Bonchev–Trinajstić information content (AvgIpc) is 3.29. The van der Waals surface area contributed by atoms with Crippen LogP contribution in [-0.2, 0) is 82.6 Å². The van der Waals surface area contributed by atoms with E-state index in [9.17, 15) is 52.6 Å². The number of benzene rings is 6. The second kappa shape index (κ2) is 41.4. The van der Waals surface area contributed by atoms with Crippen molar-refractivity contribution in [2.24, 2.45) is 0 Å².